The molecule has 0 saturated heterocycles. The Balaban J connectivity index is 2.33. The molecule has 0 aliphatic heterocycles. The highest BCUT2D eigenvalue weighted by Crippen LogP contribution is 2.22. The number of thiophene rings is 1. The molecule has 2 aromatic heterocycles. The molecule has 2 aromatic rings. The first-order valence-corrected chi connectivity index (χ1v) is 5.92. The molecule has 0 N–H and O–H groups in total. The minimum absolute atomic E-state index is 0.952. The zero-order valence-electron chi connectivity index (χ0n) is 7.10. The minimum atomic E-state index is 0.952. The molecular formula is C9H8N2S2. The zero-order chi connectivity index (χ0) is 9.10. The van der Waals surface area contributed by atoms with Crippen LogP contribution in [0.25, 0.3) is 10.6 Å². The van der Waals surface area contributed by atoms with Crippen LogP contribution in [0.2, 0.25) is 0 Å². The van der Waals surface area contributed by atoms with Crippen molar-refractivity contribution in [2.45, 2.75) is 5.03 Å². The van der Waals surface area contributed by atoms with Gasteiger partial charge in [0.1, 0.15) is 10.7 Å². The van der Waals surface area contributed by atoms with Gasteiger partial charge in [0.2, 0.25) is 0 Å². The SMILES string of the molecule is CSc1ccc(-c2cccs2)nn1. The molecule has 0 amide bonds. The monoisotopic (exact) mass is 208 g/mol. The van der Waals surface area contributed by atoms with E-state index in [1.54, 1.807) is 23.1 Å². The van der Waals surface area contributed by atoms with Crippen LogP contribution in [0, 0.1) is 0 Å². The van der Waals surface area contributed by atoms with E-state index in [0.29, 0.717) is 0 Å². The van der Waals surface area contributed by atoms with E-state index in [0.717, 1.165) is 10.7 Å². The molecular weight excluding hydrogens is 200 g/mol. The van der Waals surface area contributed by atoms with Crippen LogP contribution >= 0.6 is 23.1 Å². The normalized spacial score (nSPS) is 10.2. The molecule has 0 aliphatic rings. The summed E-state index contributed by atoms with van der Waals surface area (Å²) in [5.41, 5.74) is 0.952. The Bertz CT molecular complexity index is 367. The first-order valence-electron chi connectivity index (χ1n) is 3.82. The van der Waals surface area contributed by atoms with Gasteiger partial charge in [-0.1, -0.05) is 6.07 Å². The van der Waals surface area contributed by atoms with Crippen molar-refractivity contribution in [2.75, 3.05) is 6.26 Å². The van der Waals surface area contributed by atoms with Gasteiger partial charge in [0.25, 0.3) is 0 Å². The molecule has 0 unspecified atom stereocenters. The molecule has 2 heterocycles. The van der Waals surface area contributed by atoms with Gasteiger partial charge in [-0.3, -0.25) is 0 Å². The highest BCUT2D eigenvalue weighted by molar-refractivity contribution is 7.98. The molecule has 4 heteroatoms. The van der Waals surface area contributed by atoms with Crippen LogP contribution in [0.3, 0.4) is 0 Å². The van der Waals surface area contributed by atoms with Crippen LogP contribution in [0.15, 0.2) is 34.7 Å². The summed E-state index contributed by atoms with van der Waals surface area (Å²) in [4.78, 5) is 1.17. The largest absolute Gasteiger partial charge is 0.149 e. The number of hydrogen-bond donors (Lipinski definition) is 0. The lowest BCUT2D eigenvalue weighted by Crippen LogP contribution is -1.86. The summed E-state index contributed by atoms with van der Waals surface area (Å²) in [5, 5.41) is 11.2. The molecule has 0 saturated carbocycles. The molecule has 0 fully saturated rings. The Morgan fingerprint density at radius 2 is 2.15 bits per heavy atom. The fourth-order valence-electron chi connectivity index (χ4n) is 0.985. The highest BCUT2D eigenvalue weighted by atomic mass is 32.2. The maximum Gasteiger partial charge on any atom is 0.119 e. The topological polar surface area (TPSA) is 25.8 Å². The predicted octanol–water partition coefficient (Wildman–Crippen LogP) is 2.93. The van der Waals surface area contributed by atoms with E-state index >= 15 is 0 Å². The van der Waals surface area contributed by atoms with E-state index in [1.807, 2.05) is 35.9 Å². The number of thioether (sulfide) groups is 1. The second-order valence-electron chi connectivity index (χ2n) is 2.44. The number of hydrogen-bond acceptors (Lipinski definition) is 4. The number of rotatable bonds is 2. The third-order valence-electron chi connectivity index (χ3n) is 1.62. The van der Waals surface area contributed by atoms with Crippen LogP contribution in [-0.4, -0.2) is 16.5 Å². The average Bonchev–Trinajstić information content (AvgIpc) is 2.71. The fourth-order valence-corrected chi connectivity index (χ4v) is 2.00. The van der Waals surface area contributed by atoms with E-state index in [1.165, 1.54) is 4.88 Å². The zero-order valence-corrected chi connectivity index (χ0v) is 8.73. The molecule has 2 rings (SSSR count). The molecule has 0 aromatic carbocycles. The standard InChI is InChI=1S/C9H8N2S2/c1-12-9-5-4-7(10-11-9)8-3-2-6-13-8/h2-6H,1H3. The van der Waals surface area contributed by atoms with Crippen LogP contribution < -0.4 is 0 Å². The lowest BCUT2D eigenvalue weighted by atomic mass is 10.3. The minimum Gasteiger partial charge on any atom is -0.149 e. The smallest absolute Gasteiger partial charge is 0.119 e. The lowest BCUT2D eigenvalue weighted by molar-refractivity contribution is 0.939. The molecule has 0 spiro atoms. The molecule has 66 valence electrons. The van der Waals surface area contributed by atoms with Gasteiger partial charge in [-0.25, -0.2) is 0 Å². The number of aromatic nitrogens is 2. The fraction of sp³-hybridized carbons (Fsp3) is 0.111. The maximum atomic E-state index is 4.13. The van der Waals surface area contributed by atoms with Gasteiger partial charge >= 0.3 is 0 Å². The van der Waals surface area contributed by atoms with Gasteiger partial charge in [0.15, 0.2) is 0 Å². The van der Waals surface area contributed by atoms with E-state index in [4.69, 9.17) is 0 Å². The first kappa shape index (κ1) is 8.72. The summed E-state index contributed by atoms with van der Waals surface area (Å²) in [6.07, 6.45) is 1.99. The van der Waals surface area contributed by atoms with Crippen LogP contribution in [0.5, 0.6) is 0 Å². The Morgan fingerprint density at radius 3 is 2.69 bits per heavy atom. The Labute approximate surface area is 85.0 Å². The van der Waals surface area contributed by atoms with Gasteiger partial charge in [0.05, 0.1) is 4.88 Å². The average molecular weight is 208 g/mol. The van der Waals surface area contributed by atoms with E-state index in [-0.39, 0.29) is 0 Å². The van der Waals surface area contributed by atoms with Gasteiger partial charge in [-0.05, 0) is 29.8 Å². The van der Waals surface area contributed by atoms with Crippen molar-refractivity contribution in [3.8, 4) is 10.6 Å². The predicted molar refractivity (Wildman–Crippen MR) is 57.1 cm³/mol. The van der Waals surface area contributed by atoms with Gasteiger partial charge in [-0.2, -0.15) is 0 Å². The summed E-state index contributed by atoms with van der Waals surface area (Å²) in [7, 11) is 0. The highest BCUT2D eigenvalue weighted by Gasteiger charge is 2.00. The Morgan fingerprint density at radius 1 is 1.23 bits per heavy atom. The number of nitrogens with zero attached hydrogens (tertiary/aromatic N) is 2. The summed E-state index contributed by atoms with van der Waals surface area (Å²) >= 11 is 3.28. The second kappa shape index (κ2) is 3.89. The molecule has 2 nitrogen and oxygen atoms in total. The molecule has 0 aliphatic carbocycles. The van der Waals surface area contributed by atoms with Crippen molar-refractivity contribution < 1.29 is 0 Å². The summed E-state index contributed by atoms with van der Waals surface area (Å²) in [5.74, 6) is 0. The molecule has 0 atom stereocenters. The van der Waals surface area contributed by atoms with Crippen molar-refractivity contribution in [1.29, 1.82) is 0 Å². The summed E-state index contributed by atoms with van der Waals surface area (Å²) in [6, 6.07) is 8.06. The van der Waals surface area contributed by atoms with Crippen molar-refractivity contribution >= 4 is 23.1 Å². The Kier molecular flexibility index (Phi) is 2.61. The van der Waals surface area contributed by atoms with Crippen LogP contribution in [-0.2, 0) is 0 Å². The quantitative estimate of drug-likeness (QED) is 0.710. The second-order valence-corrected chi connectivity index (χ2v) is 4.21. The molecule has 13 heavy (non-hydrogen) atoms. The van der Waals surface area contributed by atoms with Crippen molar-refractivity contribution in [1.82, 2.24) is 10.2 Å². The maximum absolute atomic E-state index is 4.13. The lowest BCUT2D eigenvalue weighted by Gasteiger charge is -1.96. The third-order valence-corrected chi connectivity index (χ3v) is 3.15. The molecule has 0 bridgehead atoms. The van der Waals surface area contributed by atoms with Gasteiger partial charge < -0.3 is 0 Å². The van der Waals surface area contributed by atoms with E-state index < -0.39 is 0 Å². The Hall–Kier alpha value is -0.870. The van der Waals surface area contributed by atoms with Gasteiger partial charge in [0, 0.05) is 0 Å². The van der Waals surface area contributed by atoms with Crippen molar-refractivity contribution in [3.63, 3.8) is 0 Å². The van der Waals surface area contributed by atoms with Crippen molar-refractivity contribution in [2.24, 2.45) is 0 Å². The summed E-state index contributed by atoms with van der Waals surface area (Å²) < 4.78 is 0. The van der Waals surface area contributed by atoms with Gasteiger partial charge in [-0.15, -0.1) is 33.3 Å². The van der Waals surface area contributed by atoms with Crippen LogP contribution in [0.4, 0.5) is 0 Å². The van der Waals surface area contributed by atoms with Crippen molar-refractivity contribution in [3.05, 3.63) is 29.6 Å². The third kappa shape index (κ3) is 1.89. The van der Waals surface area contributed by atoms with Crippen LogP contribution in [0.1, 0.15) is 0 Å². The summed E-state index contributed by atoms with van der Waals surface area (Å²) in [6.45, 7) is 0. The van der Waals surface area contributed by atoms with E-state index in [2.05, 4.69) is 10.2 Å². The van der Waals surface area contributed by atoms with E-state index in [9.17, 15) is 0 Å². The molecule has 0 radical (unpaired) electrons. The first-order chi connectivity index (χ1) is 6.40.